The summed E-state index contributed by atoms with van der Waals surface area (Å²) in [5.41, 5.74) is 4.21. The second-order valence-corrected chi connectivity index (χ2v) is 8.92. The highest BCUT2D eigenvalue weighted by Gasteiger charge is 2.48. The van der Waals surface area contributed by atoms with Crippen molar-refractivity contribution >= 4 is 44.1 Å². The van der Waals surface area contributed by atoms with Crippen molar-refractivity contribution in [3.63, 3.8) is 0 Å². The van der Waals surface area contributed by atoms with Crippen molar-refractivity contribution in [3.05, 3.63) is 101 Å². The Morgan fingerprint density at radius 2 is 1.62 bits per heavy atom. The molecule has 0 radical (unpaired) electrons. The van der Waals surface area contributed by atoms with Crippen LogP contribution < -0.4 is 4.90 Å². The Bertz CT molecular complexity index is 1390. The molecule has 1 fully saturated rings. The molecule has 1 atom stereocenters. The summed E-state index contributed by atoms with van der Waals surface area (Å²) in [4.78, 5) is 32.5. The SMILES string of the molecule is Cc1ccc(C2/C(=C(\O)c3ccccc3)C(=O)C(=O)N2c2nc3ccc(C)cc3s2)cc1. The molecule has 1 amide bonds. The number of aromatic nitrogens is 1. The van der Waals surface area contributed by atoms with E-state index >= 15 is 0 Å². The summed E-state index contributed by atoms with van der Waals surface area (Å²) in [7, 11) is 0. The summed E-state index contributed by atoms with van der Waals surface area (Å²) in [6.07, 6.45) is 0. The summed E-state index contributed by atoms with van der Waals surface area (Å²) >= 11 is 1.36. The van der Waals surface area contributed by atoms with Gasteiger partial charge in [0.1, 0.15) is 5.76 Å². The van der Waals surface area contributed by atoms with Gasteiger partial charge in [-0.2, -0.15) is 0 Å². The van der Waals surface area contributed by atoms with Crippen molar-refractivity contribution in [2.45, 2.75) is 19.9 Å². The molecule has 1 aromatic heterocycles. The molecule has 1 saturated heterocycles. The zero-order chi connectivity index (χ0) is 22.4. The maximum absolute atomic E-state index is 13.2. The second-order valence-electron chi connectivity index (χ2n) is 7.91. The van der Waals surface area contributed by atoms with Crippen LogP contribution in [-0.4, -0.2) is 21.8 Å². The number of hydrogen-bond acceptors (Lipinski definition) is 5. The molecule has 0 bridgehead atoms. The highest BCUT2D eigenvalue weighted by atomic mass is 32.1. The van der Waals surface area contributed by atoms with Crippen molar-refractivity contribution in [1.29, 1.82) is 0 Å². The Morgan fingerprint density at radius 1 is 0.938 bits per heavy atom. The summed E-state index contributed by atoms with van der Waals surface area (Å²) in [5.74, 6) is -1.59. The number of thiazole rings is 1. The third-order valence-electron chi connectivity index (χ3n) is 5.62. The van der Waals surface area contributed by atoms with E-state index in [0.29, 0.717) is 10.7 Å². The number of Topliss-reactive ketones (excluding diaryl/α,β-unsaturated/α-hetero) is 1. The van der Waals surface area contributed by atoms with Crippen LogP contribution in [0.5, 0.6) is 0 Å². The summed E-state index contributed by atoms with van der Waals surface area (Å²) in [6, 6.07) is 21.6. The number of aliphatic hydroxyl groups is 1. The smallest absolute Gasteiger partial charge is 0.301 e. The molecule has 6 heteroatoms. The molecular weight excluding hydrogens is 420 g/mol. The van der Waals surface area contributed by atoms with E-state index in [1.165, 1.54) is 16.2 Å². The number of carbonyl (C=O) groups excluding carboxylic acids is 2. The Morgan fingerprint density at radius 3 is 2.34 bits per heavy atom. The molecule has 1 unspecified atom stereocenters. The number of benzene rings is 3. The molecular formula is C26H20N2O3S. The molecule has 3 aromatic carbocycles. The van der Waals surface area contributed by atoms with Crippen LogP contribution in [0.4, 0.5) is 5.13 Å². The van der Waals surface area contributed by atoms with Gasteiger partial charge in [0.15, 0.2) is 5.13 Å². The van der Waals surface area contributed by atoms with Gasteiger partial charge in [0, 0.05) is 5.56 Å². The maximum Gasteiger partial charge on any atom is 0.301 e. The van der Waals surface area contributed by atoms with Gasteiger partial charge < -0.3 is 5.11 Å². The minimum absolute atomic E-state index is 0.0699. The summed E-state index contributed by atoms with van der Waals surface area (Å²) < 4.78 is 0.938. The summed E-state index contributed by atoms with van der Waals surface area (Å²) in [5, 5.41) is 11.5. The molecule has 32 heavy (non-hydrogen) atoms. The Balaban J connectivity index is 1.73. The molecule has 1 aliphatic heterocycles. The highest BCUT2D eigenvalue weighted by Crippen LogP contribution is 2.44. The summed E-state index contributed by atoms with van der Waals surface area (Å²) in [6.45, 7) is 3.97. The second kappa shape index (κ2) is 7.73. The van der Waals surface area contributed by atoms with Gasteiger partial charge in [-0.3, -0.25) is 14.5 Å². The van der Waals surface area contributed by atoms with Gasteiger partial charge in [0.25, 0.3) is 5.78 Å². The number of anilines is 1. The Kier molecular flexibility index (Phi) is 4.87. The standard InChI is InChI=1S/C26H20N2O3S/c1-15-8-11-17(12-9-15)22-21(23(29)18-6-4-3-5-7-18)24(30)25(31)28(22)26-27-19-13-10-16(2)14-20(19)32-26/h3-14,22,29H,1-2H3/b23-21+. The van der Waals surface area contributed by atoms with E-state index in [2.05, 4.69) is 4.98 Å². The average Bonchev–Trinajstić information content (AvgIpc) is 3.32. The third kappa shape index (κ3) is 3.29. The molecule has 0 saturated carbocycles. The van der Waals surface area contributed by atoms with Crippen molar-refractivity contribution in [3.8, 4) is 0 Å². The van der Waals surface area contributed by atoms with E-state index in [4.69, 9.17) is 0 Å². The number of fused-ring (bicyclic) bond motifs is 1. The Labute approximate surface area is 189 Å². The minimum Gasteiger partial charge on any atom is -0.507 e. The van der Waals surface area contributed by atoms with E-state index in [1.807, 2.05) is 62.4 Å². The molecule has 2 heterocycles. The van der Waals surface area contributed by atoms with Gasteiger partial charge >= 0.3 is 5.91 Å². The highest BCUT2D eigenvalue weighted by molar-refractivity contribution is 7.22. The molecule has 1 N–H and O–H groups in total. The molecule has 158 valence electrons. The molecule has 5 nitrogen and oxygen atoms in total. The first-order valence-electron chi connectivity index (χ1n) is 10.2. The zero-order valence-corrected chi connectivity index (χ0v) is 18.4. The average molecular weight is 441 g/mol. The van der Waals surface area contributed by atoms with E-state index in [9.17, 15) is 14.7 Å². The fourth-order valence-electron chi connectivity index (χ4n) is 3.97. The first kappa shape index (κ1) is 20.2. The first-order chi connectivity index (χ1) is 15.4. The van der Waals surface area contributed by atoms with E-state index in [0.717, 1.165) is 26.9 Å². The minimum atomic E-state index is -0.766. The van der Waals surface area contributed by atoms with Crippen LogP contribution in [0.3, 0.4) is 0 Å². The molecule has 0 spiro atoms. The molecule has 4 aromatic rings. The van der Waals surface area contributed by atoms with Crippen LogP contribution in [0.1, 0.15) is 28.3 Å². The predicted molar refractivity (Wildman–Crippen MR) is 127 cm³/mol. The van der Waals surface area contributed by atoms with Crippen LogP contribution in [0.15, 0.2) is 78.4 Å². The van der Waals surface area contributed by atoms with Crippen LogP contribution >= 0.6 is 11.3 Å². The number of aryl methyl sites for hydroxylation is 2. The number of amides is 1. The predicted octanol–water partition coefficient (Wildman–Crippen LogP) is 5.54. The molecule has 1 aliphatic rings. The number of aliphatic hydroxyl groups excluding tert-OH is 1. The van der Waals surface area contributed by atoms with Gasteiger partial charge in [-0.25, -0.2) is 4.98 Å². The Hall–Kier alpha value is -3.77. The lowest BCUT2D eigenvalue weighted by atomic mass is 9.95. The van der Waals surface area contributed by atoms with Crippen molar-refractivity contribution in [1.82, 2.24) is 4.98 Å². The van der Waals surface area contributed by atoms with E-state index < -0.39 is 17.7 Å². The third-order valence-corrected chi connectivity index (χ3v) is 6.64. The van der Waals surface area contributed by atoms with Crippen LogP contribution in [0.25, 0.3) is 16.0 Å². The monoisotopic (exact) mass is 440 g/mol. The number of hydrogen-bond donors (Lipinski definition) is 1. The van der Waals surface area contributed by atoms with Crippen LogP contribution in [0.2, 0.25) is 0 Å². The molecule has 0 aliphatic carbocycles. The van der Waals surface area contributed by atoms with Crippen molar-refractivity contribution in [2.24, 2.45) is 0 Å². The normalized spacial score (nSPS) is 17.9. The van der Waals surface area contributed by atoms with Gasteiger partial charge in [-0.1, -0.05) is 77.6 Å². The lowest BCUT2D eigenvalue weighted by Gasteiger charge is -2.23. The van der Waals surface area contributed by atoms with Crippen molar-refractivity contribution < 1.29 is 14.7 Å². The van der Waals surface area contributed by atoms with Gasteiger partial charge in [0.2, 0.25) is 0 Å². The van der Waals surface area contributed by atoms with Gasteiger partial charge in [0.05, 0.1) is 21.8 Å². The number of ketones is 1. The maximum atomic E-state index is 13.2. The largest absolute Gasteiger partial charge is 0.507 e. The quantitative estimate of drug-likeness (QED) is 0.258. The molecule has 5 rings (SSSR count). The first-order valence-corrected chi connectivity index (χ1v) is 11.1. The number of nitrogens with zero attached hydrogens (tertiary/aromatic N) is 2. The zero-order valence-electron chi connectivity index (χ0n) is 17.6. The van der Waals surface area contributed by atoms with Crippen molar-refractivity contribution in [2.75, 3.05) is 4.90 Å². The topological polar surface area (TPSA) is 70.5 Å². The fourth-order valence-corrected chi connectivity index (χ4v) is 5.06. The van der Waals surface area contributed by atoms with Gasteiger partial charge in [-0.15, -0.1) is 0 Å². The number of rotatable bonds is 3. The van der Waals surface area contributed by atoms with E-state index in [-0.39, 0.29) is 11.3 Å². The van der Waals surface area contributed by atoms with Crippen LogP contribution in [0, 0.1) is 13.8 Å². The lowest BCUT2D eigenvalue weighted by Crippen LogP contribution is -2.29. The van der Waals surface area contributed by atoms with E-state index in [1.54, 1.807) is 24.3 Å². The fraction of sp³-hybridized carbons (Fsp3) is 0.115. The number of carbonyl (C=O) groups is 2. The van der Waals surface area contributed by atoms with Gasteiger partial charge in [-0.05, 0) is 37.1 Å². The lowest BCUT2D eigenvalue weighted by molar-refractivity contribution is -0.132. The van der Waals surface area contributed by atoms with Crippen LogP contribution in [-0.2, 0) is 9.59 Å².